The fourth-order valence-electron chi connectivity index (χ4n) is 1.78. The first-order valence-electron chi connectivity index (χ1n) is 5.54. The van der Waals surface area contributed by atoms with Gasteiger partial charge in [-0.1, -0.05) is 37.9 Å². The number of rotatable bonds is 3. The molecule has 0 saturated heterocycles. The highest BCUT2D eigenvalue weighted by Gasteiger charge is 2.14. The van der Waals surface area contributed by atoms with E-state index in [4.69, 9.17) is 0 Å². The van der Waals surface area contributed by atoms with Crippen molar-refractivity contribution in [1.29, 1.82) is 0 Å². The maximum absolute atomic E-state index is 13.0. The molecule has 0 saturated carbocycles. The molecule has 0 aliphatic heterocycles. The highest BCUT2D eigenvalue weighted by Crippen LogP contribution is 2.30. The summed E-state index contributed by atoms with van der Waals surface area (Å²) in [5, 5.41) is 10.3. The van der Waals surface area contributed by atoms with E-state index < -0.39 is 6.10 Å². The normalized spacial score (nSPS) is 12.5. The van der Waals surface area contributed by atoms with Crippen molar-refractivity contribution >= 4 is 54.5 Å². The summed E-state index contributed by atoms with van der Waals surface area (Å²) in [6.45, 7) is 0. The van der Waals surface area contributed by atoms with E-state index in [1.54, 1.807) is 6.07 Å². The maximum Gasteiger partial charge on any atom is 0.124 e. The smallest absolute Gasteiger partial charge is 0.124 e. The summed E-state index contributed by atoms with van der Waals surface area (Å²) in [6.07, 6.45) is -0.203. The summed E-state index contributed by atoms with van der Waals surface area (Å²) < 4.78 is 15.6. The minimum atomic E-state index is -0.633. The molecule has 1 N–H and O–H groups in total. The topological polar surface area (TPSA) is 20.2 Å². The van der Waals surface area contributed by atoms with E-state index in [2.05, 4.69) is 54.5 Å². The molecule has 0 fully saturated rings. The van der Waals surface area contributed by atoms with Crippen molar-refractivity contribution < 1.29 is 9.50 Å². The van der Waals surface area contributed by atoms with Crippen molar-refractivity contribution in [3.8, 4) is 0 Å². The van der Waals surface area contributed by atoms with Gasteiger partial charge in [-0.05, 0) is 64.0 Å². The first-order chi connectivity index (χ1) is 8.97. The van der Waals surface area contributed by atoms with Crippen LogP contribution in [-0.2, 0) is 6.42 Å². The number of aliphatic hydroxyl groups is 1. The van der Waals surface area contributed by atoms with Crippen molar-refractivity contribution in [1.82, 2.24) is 0 Å². The number of aliphatic hydroxyl groups excluding tert-OH is 1. The quantitative estimate of drug-likeness (QED) is 0.573. The van der Waals surface area contributed by atoms with Gasteiger partial charge in [-0.25, -0.2) is 4.39 Å². The lowest BCUT2D eigenvalue weighted by molar-refractivity contribution is 0.177. The van der Waals surface area contributed by atoms with Crippen LogP contribution in [0, 0.1) is 9.39 Å². The van der Waals surface area contributed by atoms with Gasteiger partial charge in [-0.15, -0.1) is 0 Å². The van der Waals surface area contributed by atoms with Gasteiger partial charge in [0.2, 0.25) is 0 Å². The Bertz CT molecular complexity index is 604. The molecule has 0 spiro atoms. The monoisotopic (exact) mass is 498 g/mol. The molecule has 0 radical (unpaired) electrons. The van der Waals surface area contributed by atoms with Crippen LogP contribution in [0.15, 0.2) is 45.3 Å². The molecule has 1 unspecified atom stereocenters. The Morgan fingerprint density at radius 1 is 1.11 bits per heavy atom. The molecule has 0 aliphatic carbocycles. The van der Waals surface area contributed by atoms with E-state index in [1.165, 1.54) is 12.1 Å². The minimum absolute atomic E-state index is 0.291. The first-order valence-corrected chi connectivity index (χ1v) is 8.21. The molecular formula is C14H10Br2FIO. The highest BCUT2D eigenvalue weighted by atomic mass is 127. The summed E-state index contributed by atoms with van der Waals surface area (Å²) in [6, 6.07) is 10.3. The van der Waals surface area contributed by atoms with Gasteiger partial charge in [0.1, 0.15) is 5.82 Å². The third-order valence-corrected chi connectivity index (χ3v) is 4.88. The van der Waals surface area contributed by atoms with Gasteiger partial charge >= 0.3 is 0 Å². The van der Waals surface area contributed by atoms with Crippen LogP contribution < -0.4 is 0 Å². The molecule has 2 aromatic carbocycles. The van der Waals surface area contributed by atoms with Crippen molar-refractivity contribution in [2.24, 2.45) is 0 Å². The zero-order valence-corrected chi connectivity index (χ0v) is 15.0. The molecule has 0 bridgehead atoms. The summed E-state index contributed by atoms with van der Waals surface area (Å²) in [5.74, 6) is -0.291. The number of hydrogen-bond donors (Lipinski definition) is 1. The van der Waals surface area contributed by atoms with Crippen LogP contribution in [-0.4, -0.2) is 5.11 Å². The molecule has 100 valence electrons. The molecule has 0 aliphatic rings. The van der Waals surface area contributed by atoms with Gasteiger partial charge in [0.25, 0.3) is 0 Å². The van der Waals surface area contributed by atoms with E-state index in [1.807, 2.05) is 18.2 Å². The summed E-state index contributed by atoms with van der Waals surface area (Å²) >= 11 is 8.96. The molecule has 19 heavy (non-hydrogen) atoms. The van der Waals surface area contributed by atoms with Crippen LogP contribution in [0.2, 0.25) is 0 Å². The van der Waals surface area contributed by atoms with Crippen molar-refractivity contribution in [2.75, 3.05) is 0 Å². The number of benzene rings is 2. The van der Waals surface area contributed by atoms with E-state index in [9.17, 15) is 9.50 Å². The van der Waals surface area contributed by atoms with Gasteiger partial charge in [0.05, 0.1) is 6.10 Å². The maximum atomic E-state index is 13.0. The van der Waals surface area contributed by atoms with Crippen molar-refractivity contribution in [3.63, 3.8) is 0 Å². The lowest BCUT2D eigenvalue weighted by atomic mass is 10.0. The van der Waals surface area contributed by atoms with Crippen LogP contribution in [0.3, 0.4) is 0 Å². The SMILES string of the molecule is OC(Cc1ccc(F)cc1Br)c1cc(I)ccc1Br. The van der Waals surface area contributed by atoms with Gasteiger partial charge in [-0.3, -0.25) is 0 Å². The molecular weight excluding hydrogens is 490 g/mol. The number of halogens is 4. The Kier molecular flexibility index (Phi) is 5.39. The lowest BCUT2D eigenvalue weighted by Crippen LogP contribution is -2.04. The van der Waals surface area contributed by atoms with E-state index in [0.717, 1.165) is 19.2 Å². The van der Waals surface area contributed by atoms with Crippen molar-refractivity contribution in [2.45, 2.75) is 12.5 Å². The Balaban J connectivity index is 2.25. The molecule has 1 nitrogen and oxygen atoms in total. The Morgan fingerprint density at radius 2 is 1.84 bits per heavy atom. The Hall–Kier alpha value is 0.0200. The second kappa shape index (κ2) is 6.65. The summed E-state index contributed by atoms with van der Waals surface area (Å²) in [4.78, 5) is 0. The average molecular weight is 500 g/mol. The molecule has 5 heteroatoms. The van der Waals surface area contributed by atoms with Crippen molar-refractivity contribution in [3.05, 3.63) is 65.9 Å². The first kappa shape index (κ1) is 15.4. The largest absolute Gasteiger partial charge is 0.388 e. The minimum Gasteiger partial charge on any atom is -0.388 e. The van der Waals surface area contributed by atoms with Crippen LogP contribution in [0.1, 0.15) is 17.2 Å². The highest BCUT2D eigenvalue weighted by molar-refractivity contribution is 14.1. The van der Waals surface area contributed by atoms with Crippen LogP contribution in [0.5, 0.6) is 0 Å². The molecule has 0 aromatic heterocycles. The third kappa shape index (κ3) is 4.00. The third-order valence-electron chi connectivity index (χ3n) is 2.75. The summed E-state index contributed by atoms with van der Waals surface area (Å²) in [7, 11) is 0. The fraction of sp³-hybridized carbons (Fsp3) is 0.143. The Morgan fingerprint density at radius 3 is 2.53 bits per heavy atom. The zero-order valence-electron chi connectivity index (χ0n) is 9.71. The molecule has 0 amide bonds. The molecule has 0 heterocycles. The van der Waals surface area contributed by atoms with Crippen LogP contribution in [0.25, 0.3) is 0 Å². The van der Waals surface area contributed by atoms with E-state index in [0.29, 0.717) is 10.9 Å². The van der Waals surface area contributed by atoms with Gasteiger partial charge < -0.3 is 5.11 Å². The van der Waals surface area contributed by atoms with Crippen LogP contribution >= 0.6 is 54.5 Å². The average Bonchev–Trinajstić information content (AvgIpc) is 2.35. The predicted molar refractivity (Wildman–Crippen MR) is 89.6 cm³/mol. The lowest BCUT2D eigenvalue weighted by Gasteiger charge is -2.14. The van der Waals surface area contributed by atoms with Gasteiger partial charge in [-0.2, -0.15) is 0 Å². The zero-order chi connectivity index (χ0) is 14.0. The molecule has 2 rings (SSSR count). The second-order valence-corrected chi connectivity index (χ2v) is 7.08. The molecule has 1 atom stereocenters. The summed E-state index contributed by atoms with van der Waals surface area (Å²) in [5.41, 5.74) is 1.71. The standard InChI is InChI=1S/C14H10Br2FIO/c15-12-4-3-10(18)7-11(12)14(19)5-8-1-2-9(17)6-13(8)16/h1-4,6-7,14,19H,5H2. The van der Waals surface area contributed by atoms with Gasteiger partial charge in [0.15, 0.2) is 0 Å². The molecule has 2 aromatic rings. The van der Waals surface area contributed by atoms with E-state index in [-0.39, 0.29) is 5.82 Å². The second-order valence-electron chi connectivity index (χ2n) is 4.12. The van der Waals surface area contributed by atoms with Crippen LogP contribution in [0.4, 0.5) is 4.39 Å². The van der Waals surface area contributed by atoms with Gasteiger partial charge in [0, 0.05) is 18.9 Å². The fourth-order valence-corrected chi connectivity index (χ4v) is 3.31. The van der Waals surface area contributed by atoms with E-state index >= 15 is 0 Å². The predicted octanol–water partition coefficient (Wildman–Crippen LogP) is 5.23. The number of hydrogen-bond acceptors (Lipinski definition) is 1. The Labute approximate surface area is 141 Å².